The Kier molecular flexibility index (Phi) is 5.35. The summed E-state index contributed by atoms with van der Waals surface area (Å²) in [7, 11) is 0. The quantitative estimate of drug-likeness (QED) is 0.804. The van der Waals surface area contributed by atoms with Gasteiger partial charge in [-0.05, 0) is 36.8 Å². The number of amides is 1. The number of aromatic nitrogens is 1. The maximum atomic E-state index is 12.4. The van der Waals surface area contributed by atoms with Crippen LogP contribution in [0, 0.1) is 6.92 Å². The molecule has 0 spiro atoms. The van der Waals surface area contributed by atoms with Crippen LogP contribution in [0.2, 0.25) is 0 Å². The molecular formula is C18H21BrN3O2+. The van der Waals surface area contributed by atoms with Gasteiger partial charge in [0.2, 0.25) is 0 Å². The van der Waals surface area contributed by atoms with E-state index in [4.69, 9.17) is 4.74 Å². The lowest BCUT2D eigenvalue weighted by atomic mass is 10.2. The Morgan fingerprint density at radius 2 is 2.00 bits per heavy atom. The zero-order chi connectivity index (χ0) is 16.9. The Morgan fingerprint density at radius 1 is 1.21 bits per heavy atom. The molecule has 0 unspecified atom stereocenters. The van der Waals surface area contributed by atoms with E-state index < -0.39 is 0 Å². The van der Waals surface area contributed by atoms with Crippen LogP contribution in [-0.4, -0.2) is 43.6 Å². The summed E-state index contributed by atoms with van der Waals surface area (Å²) in [6.07, 6.45) is 1.92. The number of nitrogens with one attached hydrogen (secondary N) is 1. The second-order valence-corrected chi connectivity index (χ2v) is 6.73. The molecule has 1 fully saturated rings. The Balaban J connectivity index is 1.50. The fourth-order valence-corrected chi connectivity index (χ4v) is 3.26. The highest BCUT2D eigenvalue weighted by atomic mass is 79.9. The third-order valence-electron chi connectivity index (χ3n) is 4.15. The van der Waals surface area contributed by atoms with Crippen molar-refractivity contribution in [1.82, 2.24) is 4.90 Å². The minimum atomic E-state index is 0.0361. The van der Waals surface area contributed by atoms with Crippen LogP contribution in [0.5, 0.6) is 5.75 Å². The van der Waals surface area contributed by atoms with Gasteiger partial charge in [0.05, 0.1) is 19.3 Å². The van der Waals surface area contributed by atoms with Crippen molar-refractivity contribution in [1.29, 1.82) is 0 Å². The Labute approximate surface area is 150 Å². The number of piperazine rings is 1. The number of benzene rings is 1. The summed E-state index contributed by atoms with van der Waals surface area (Å²) in [6.45, 7) is 5.13. The number of nitrogens with zero attached hydrogens (tertiary/aromatic N) is 2. The standard InChI is InChI=1S/C18H20BrN3O2/c1-14-12-15(19)5-6-16(14)24-13-18(23)22-10-8-21(9-11-22)17-4-2-3-7-20-17/h2-7,12H,8-11,13H2,1H3/p+1. The van der Waals surface area contributed by atoms with Crippen molar-refractivity contribution in [3.05, 3.63) is 52.6 Å². The van der Waals surface area contributed by atoms with Crippen molar-refractivity contribution in [2.45, 2.75) is 6.92 Å². The summed E-state index contributed by atoms with van der Waals surface area (Å²) in [4.78, 5) is 19.7. The van der Waals surface area contributed by atoms with Crippen molar-refractivity contribution in [2.24, 2.45) is 0 Å². The highest BCUT2D eigenvalue weighted by Gasteiger charge is 2.26. The maximum Gasteiger partial charge on any atom is 0.274 e. The van der Waals surface area contributed by atoms with Crippen LogP contribution >= 0.6 is 15.9 Å². The molecule has 0 bridgehead atoms. The fraction of sp³-hybridized carbons (Fsp3) is 0.333. The summed E-state index contributed by atoms with van der Waals surface area (Å²) in [5, 5.41) is 0. The maximum absolute atomic E-state index is 12.4. The highest BCUT2D eigenvalue weighted by Crippen LogP contribution is 2.22. The van der Waals surface area contributed by atoms with E-state index in [9.17, 15) is 4.79 Å². The van der Waals surface area contributed by atoms with Crippen LogP contribution in [0.15, 0.2) is 47.1 Å². The fourth-order valence-electron chi connectivity index (χ4n) is 2.78. The van der Waals surface area contributed by atoms with Gasteiger partial charge in [0, 0.05) is 10.5 Å². The third-order valence-corrected chi connectivity index (χ3v) is 4.65. The molecule has 126 valence electrons. The molecule has 1 aliphatic rings. The molecule has 6 heteroatoms. The molecule has 2 heterocycles. The van der Waals surface area contributed by atoms with Gasteiger partial charge in [0.15, 0.2) is 6.61 Å². The van der Waals surface area contributed by atoms with Gasteiger partial charge in [-0.3, -0.25) is 9.69 Å². The summed E-state index contributed by atoms with van der Waals surface area (Å²) in [5.41, 5.74) is 1.02. The molecule has 2 aromatic rings. The van der Waals surface area contributed by atoms with Crippen LogP contribution in [0.1, 0.15) is 5.56 Å². The highest BCUT2D eigenvalue weighted by molar-refractivity contribution is 9.10. The van der Waals surface area contributed by atoms with Crippen LogP contribution in [0.4, 0.5) is 5.82 Å². The minimum Gasteiger partial charge on any atom is -0.483 e. The molecule has 1 amide bonds. The predicted octanol–water partition coefficient (Wildman–Crippen LogP) is 2.30. The van der Waals surface area contributed by atoms with Crippen molar-refractivity contribution in [3.8, 4) is 5.75 Å². The minimum absolute atomic E-state index is 0.0361. The van der Waals surface area contributed by atoms with Gasteiger partial charge in [-0.2, -0.15) is 0 Å². The van der Waals surface area contributed by atoms with Gasteiger partial charge in [-0.25, -0.2) is 4.98 Å². The van der Waals surface area contributed by atoms with Crippen LogP contribution in [0.3, 0.4) is 0 Å². The van der Waals surface area contributed by atoms with Gasteiger partial charge in [0.25, 0.3) is 11.7 Å². The number of pyridine rings is 1. The number of ether oxygens (including phenoxy) is 1. The lowest BCUT2D eigenvalue weighted by Gasteiger charge is -2.30. The zero-order valence-corrected chi connectivity index (χ0v) is 15.3. The molecule has 1 N–H and O–H groups in total. The topological polar surface area (TPSA) is 46.9 Å². The molecule has 1 aromatic heterocycles. The second kappa shape index (κ2) is 7.66. The SMILES string of the molecule is Cc1cc(Br)ccc1OCC(=O)N1CCN(c2cccc[nH+]2)CC1. The van der Waals surface area contributed by atoms with Gasteiger partial charge >= 0.3 is 0 Å². The molecule has 0 atom stereocenters. The summed E-state index contributed by atoms with van der Waals surface area (Å²) >= 11 is 3.43. The average molecular weight is 391 g/mol. The molecule has 5 nitrogen and oxygen atoms in total. The van der Waals surface area contributed by atoms with E-state index >= 15 is 0 Å². The first kappa shape index (κ1) is 16.8. The predicted molar refractivity (Wildman–Crippen MR) is 96.2 cm³/mol. The van der Waals surface area contributed by atoms with Gasteiger partial charge < -0.3 is 9.64 Å². The number of carbonyl (C=O) groups is 1. The molecule has 0 radical (unpaired) electrons. The molecule has 1 aromatic carbocycles. The van der Waals surface area contributed by atoms with E-state index in [0.29, 0.717) is 13.1 Å². The van der Waals surface area contributed by atoms with Crippen molar-refractivity contribution >= 4 is 27.7 Å². The molecule has 0 aliphatic carbocycles. The van der Waals surface area contributed by atoms with Crippen molar-refractivity contribution in [2.75, 3.05) is 37.7 Å². The number of hydrogen-bond donors (Lipinski definition) is 0. The molecule has 1 saturated heterocycles. The lowest BCUT2D eigenvalue weighted by molar-refractivity contribution is -0.364. The molecular weight excluding hydrogens is 370 g/mol. The first-order chi connectivity index (χ1) is 11.6. The normalized spacial score (nSPS) is 14.6. The number of H-pyrrole nitrogens is 1. The molecule has 0 saturated carbocycles. The van der Waals surface area contributed by atoms with Gasteiger partial charge in [-0.15, -0.1) is 0 Å². The smallest absolute Gasteiger partial charge is 0.274 e. The molecule has 1 aliphatic heterocycles. The van der Waals surface area contributed by atoms with Gasteiger partial charge in [-0.1, -0.05) is 22.0 Å². The van der Waals surface area contributed by atoms with Gasteiger partial charge in [0.1, 0.15) is 18.8 Å². The second-order valence-electron chi connectivity index (χ2n) is 5.81. The van der Waals surface area contributed by atoms with Crippen molar-refractivity contribution in [3.63, 3.8) is 0 Å². The van der Waals surface area contributed by atoms with Crippen LogP contribution < -0.4 is 14.6 Å². The molecule has 24 heavy (non-hydrogen) atoms. The number of halogens is 1. The largest absolute Gasteiger partial charge is 0.483 e. The third kappa shape index (κ3) is 4.06. The monoisotopic (exact) mass is 390 g/mol. The summed E-state index contributed by atoms with van der Waals surface area (Å²) in [5.74, 6) is 1.88. The van der Waals surface area contributed by atoms with E-state index in [1.807, 2.05) is 48.4 Å². The van der Waals surface area contributed by atoms with Crippen LogP contribution in [0.25, 0.3) is 0 Å². The van der Waals surface area contributed by atoms with Crippen LogP contribution in [-0.2, 0) is 4.79 Å². The average Bonchev–Trinajstić information content (AvgIpc) is 2.62. The first-order valence-corrected chi connectivity index (χ1v) is 8.81. The Hall–Kier alpha value is -2.08. The lowest BCUT2D eigenvalue weighted by Crippen LogP contribution is -2.51. The van der Waals surface area contributed by atoms with E-state index in [1.54, 1.807) is 0 Å². The van der Waals surface area contributed by atoms with E-state index in [1.165, 1.54) is 0 Å². The number of anilines is 1. The Bertz CT molecular complexity index is 701. The Morgan fingerprint density at radius 3 is 2.67 bits per heavy atom. The zero-order valence-electron chi connectivity index (χ0n) is 13.7. The first-order valence-electron chi connectivity index (χ1n) is 8.02. The number of rotatable bonds is 4. The number of aromatic amines is 1. The summed E-state index contributed by atoms with van der Waals surface area (Å²) in [6, 6.07) is 11.8. The number of hydrogen-bond acceptors (Lipinski definition) is 3. The van der Waals surface area contributed by atoms with E-state index in [0.717, 1.165) is 34.7 Å². The van der Waals surface area contributed by atoms with E-state index in [2.05, 4.69) is 31.9 Å². The van der Waals surface area contributed by atoms with E-state index in [-0.39, 0.29) is 12.5 Å². The van der Waals surface area contributed by atoms with Crippen molar-refractivity contribution < 1.29 is 14.5 Å². The number of aryl methyl sites for hydroxylation is 1. The summed E-state index contributed by atoms with van der Waals surface area (Å²) < 4.78 is 6.69. The molecule has 3 rings (SSSR count). The number of carbonyl (C=O) groups excluding carboxylic acids is 1.